The molecule has 26 heavy (non-hydrogen) atoms. The Kier molecular flexibility index (Phi) is 4.84. The first-order chi connectivity index (χ1) is 12.7. The summed E-state index contributed by atoms with van der Waals surface area (Å²) in [5, 5.41) is 7.25. The molecule has 0 saturated heterocycles. The summed E-state index contributed by atoms with van der Waals surface area (Å²) in [6.45, 7) is 2.01. The van der Waals surface area contributed by atoms with E-state index in [9.17, 15) is 4.79 Å². The number of hydrogen-bond acceptors (Lipinski definition) is 4. The molecule has 1 aromatic carbocycles. The highest BCUT2D eigenvalue weighted by atomic mass is 32.1. The second-order valence-electron chi connectivity index (χ2n) is 6.75. The van der Waals surface area contributed by atoms with Crippen LogP contribution in [0.1, 0.15) is 57.9 Å². The van der Waals surface area contributed by atoms with Gasteiger partial charge in [0.05, 0.1) is 16.6 Å². The van der Waals surface area contributed by atoms with Crippen LogP contribution in [0.4, 0.5) is 0 Å². The maximum atomic E-state index is 12.7. The normalized spacial score (nSPS) is 15.1. The molecular weight excluding hydrogens is 344 g/mol. The summed E-state index contributed by atoms with van der Waals surface area (Å²) in [5.74, 6) is 0.0240. The quantitative estimate of drug-likeness (QED) is 0.708. The molecule has 2 aromatic heterocycles. The van der Waals surface area contributed by atoms with Crippen molar-refractivity contribution in [1.29, 1.82) is 0 Å². The molecule has 2 heterocycles. The number of carbonyl (C=O) groups is 1. The predicted molar refractivity (Wildman–Crippen MR) is 103 cm³/mol. The van der Waals surface area contributed by atoms with Gasteiger partial charge in [-0.15, -0.1) is 11.3 Å². The molecule has 0 aliphatic heterocycles. The van der Waals surface area contributed by atoms with E-state index in [4.69, 9.17) is 0 Å². The molecule has 1 N–H and O–H groups in total. The van der Waals surface area contributed by atoms with Gasteiger partial charge in [-0.1, -0.05) is 18.6 Å². The molecule has 0 fully saturated rings. The van der Waals surface area contributed by atoms with Crippen LogP contribution >= 0.6 is 11.3 Å². The summed E-state index contributed by atoms with van der Waals surface area (Å²) in [5.41, 5.74) is 3.40. The van der Waals surface area contributed by atoms with Gasteiger partial charge < -0.3 is 5.32 Å². The molecule has 0 spiro atoms. The van der Waals surface area contributed by atoms with Crippen molar-refractivity contribution < 1.29 is 4.79 Å². The van der Waals surface area contributed by atoms with Gasteiger partial charge in [0, 0.05) is 4.88 Å². The SMILES string of the molecule is CC(NC(=O)c1cc2c(s1)CCCCC2)c1ccc(-n2cncn2)cc1. The highest BCUT2D eigenvalue weighted by Gasteiger charge is 2.18. The van der Waals surface area contributed by atoms with Gasteiger partial charge in [-0.3, -0.25) is 4.79 Å². The fourth-order valence-corrected chi connectivity index (χ4v) is 4.54. The lowest BCUT2D eigenvalue weighted by Gasteiger charge is -2.14. The summed E-state index contributed by atoms with van der Waals surface area (Å²) in [6, 6.07) is 10.1. The van der Waals surface area contributed by atoms with Gasteiger partial charge in [-0.05, 0) is 61.9 Å². The fraction of sp³-hybridized carbons (Fsp3) is 0.350. The van der Waals surface area contributed by atoms with E-state index >= 15 is 0 Å². The summed E-state index contributed by atoms with van der Waals surface area (Å²) < 4.78 is 1.71. The second kappa shape index (κ2) is 7.41. The number of hydrogen-bond donors (Lipinski definition) is 1. The number of benzene rings is 1. The van der Waals surface area contributed by atoms with E-state index in [0.29, 0.717) is 0 Å². The Balaban J connectivity index is 1.44. The third kappa shape index (κ3) is 3.55. The number of aromatic nitrogens is 3. The maximum absolute atomic E-state index is 12.7. The van der Waals surface area contributed by atoms with E-state index in [1.165, 1.54) is 36.0 Å². The Labute approximate surface area is 157 Å². The molecule has 6 heteroatoms. The minimum absolute atomic E-state index is 0.0240. The van der Waals surface area contributed by atoms with E-state index in [0.717, 1.165) is 29.0 Å². The molecule has 1 aliphatic rings. The third-order valence-corrected chi connectivity index (χ3v) is 6.13. The van der Waals surface area contributed by atoms with Crippen LogP contribution in [-0.4, -0.2) is 20.7 Å². The largest absolute Gasteiger partial charge is 0.345 e. The first-order valence-corrected chi connectivity index (χ1v) is 9.90. The van der Waals surface area contributed by atoms with Crippen LogP contribution in [-0.2, 0) is 12.8 Å². The molecule has 134 valence electrons. The monoisotopic (exact) mass is 366 g/mol. The van der Waals surface area contributed by atoms with Gasteiger partial charge in [0.25, 0.3) is 5.91 Å². The second-order valence-corrected chi connectivity index (χ2v) is 7.88. The number of carbonyl (C=O) groups excluding carboxylic acids is 1. The lowest BCUT2D eigenvalue weighted by atomic mass is 10.1. The molecule has 0 bridgehead atoms. The Morgan fingerprint density at radius 2 is 2.00 bits per heavy atom. The van der Waals surface area contributed by atoms with Crippen molar-refractivity contribution in [2.24, 2.45) is 0 Å². The Hall–Kier alpha value is -2.47. The topological polar surface area (TPSA) is 59.8 Å². The van der Waals surface area contributed by atoms with Crippen LogP contribution in [0.25, 0.3) is 5.69 Å². The van der Waals surface area contributed by atoms with Crippen molar-refractivity contribution in [1.82, 2.24) is 20.1 Å². The molecule has 5 nitrogen and oxygen atoms in total. The number of aryl methyl sites for hydroxylation is 2. The van der Waals surface area contributed by atoms with E-state index in [-0.39, 0.29) is 11.9 Å². The van der Waals surface area contributed by atoms with Crippen molar-refractivity contribution in [2.75, 3.05) is 0 Å². The Morgan fingerprint density at radius 3 is 2.77 bits per heavy atom. The van der Waals surface area contributed by atoms with Crippen molar-refractivity contribution in [2.45, 2.75) is 45.1 Å². The predicted octanol–water partition coefficient (Wildman–Crippen LogP) is 4.09. The van der Waals surface area contributed by atoms with Gasteiger partial charge in [0.2, 0.25) is 0 Å². The summed E-state index contributed by atoms with van der Waals surface area (Å²) >= 11 is 1.66. The molecule has 1 amide bonds. The number of amides is 1. The van der Waals surface area contributed by atoms with E-state index in [1.54, 1.807) is 22.3 Å². The minimum Gasteiger partial charge on any atom is -0.345 e. The van der Waals surface area contributed by atoms with E-state index in [1.807, 2.05) is 31.2 Å². The van der Waals surface area contributed by atoms with Crippen molar-refractivity contribution in [3.05, 3.63) is 63.9 Å². The maximum Gasteiger partial charge on any atom is 0.261 e. The number of thiophene rings is 1. The molecule has 1 unspecified atom stereocenters. The zero-order valence-corrected chi connectivity index (χ0v) is 15.6. The standard InChI is InChI=1S/C20H22N4OS/c1-14(15-7-9-17(10-8-15)24-13-21-12-22-24)23-20(25)19-11-16-5-3-2-4-6-18(16)26-19/h7-14H,2-6H2,1H3,(H,23,25). The summed E-state index contributed by atoms with van der Waals surface area (Å²) in [4.78, 5) is 18.9. The van der Waals surface area contributed by atoms with Gasteiger partial charge >= 0.3 is 0 Å². The lowest BCUT2D eigenvalue weighted by molar-refractivity contribution is 0.0944. The molecule has 3 aromatic rings. The average molecular weight is 366 g/mol. The van der Waals surface area contributed by atoms with Crippen LogP contribution in [0, 0.1) is 0 Å². The number of nitrogens with one attached hydrogen (secondary N) is 1. The molecule has 0 radical (unpaired) electrons. The van der Waals surface area contributed by atoms with Crippen molar-refractivity contribution >= 4 is 17.2 Å². The van der Waals surface area contributed by atoms with Crippen LogP contribution in [0.2, 0.25) is 0 Å². The van der Waals surface area contributed by atoms with Crippen LogP contribution in [0.3, 0.4) is 0 Å². The third-order valence-electron chi connectivity index (χ3n) is 4.89. The molecule has 1 atom stereocenters. The first kappa shape index (κ1) is 17.0. The average Bonchev–Trinajstić information content (AvgIpc) is 3.28. The Bertz CT molecular complexity index is 860. The highest BCUT2D eigenvalue weighted by Crippen LogP contribution is 2.29. The van der Waals surface area contributed by atoms with Crippen LogP contribution in [0.5, 0.6) is 0 Å². The highest BCUT2D eigenvalue weighted by molar-refractivity contribution is 7.14. The molecule has 4 rings (SSSR count). The number of rotatable bonds is 4. The zero-order valence-electron chi connectivity index (χ0n) is 14.8. The smallest absolute Gasteiger partial charge is 0.261 e. The minimum atomic E-state index is -0.0470. The van der Waals surface area contributed by atoms with E-state index in [2.05, 4.69) is 21.5 Å². The molecule has 0 saturated carbocycles. The number of nitrogens with zero attached hydrogens (tertiary/aromatic N) is 3. The fourth-order valence-electron chi connectivity index (χ4n) is 3.39. The zero-order chi connectivity index (χ0) is 17.9. The van der Waals surface area contributed by atoms with Crippen molar-refractivity contribution in [3.63, 3.8) is 0 Å². The molecular formula is C20H22N4OS. The van der Waals surface area contributed by atoms with Crippen LogP contribution in [0.15, 0.2) is 43.0 Å². The first-order valence-electron chi connectivity index (χ1n) is 9.08. The van der Waals surface area contributed by atoms with Gasteiger partial charge in [-0.2, -0.15) is 5.10 Å². The van der Waals surface area contributed by atoms with Crippen LogP contribution < -0.4 is 5.32 Å². The summed E-state index contributed by atoms with van der Waals surface area (Å²) in [6.07, 6.45) is 9.18. The van der Waals surface area contributed by atoms with Crippen molar-refractivity contribution in [3.8, 4) is 5.69 Å². The summed E-state index contributed by atoms with van der Waals surface area (Å²) in [7, 11) is 0. The Morgan fingerprint density at radius 1 is 1.19 bits per heavy atom. The van der Waals surface area contributed by atoms with Gasteiger partial charge in [-0.25, -0.2) is 9.67 Å². The number of fused-ring (bicyclic) bond motifs is 1. The van der Waals surface area contributed by atoms with E-state index < -0.39 is 0 Å². The van der Waals surface area contributed by atoms with Gasteiger partial charge in [0.15, 0.2) is 0 Å². The molecule has 1 aliphatic carbocycles. The lowest BCUT2D eigenvalue weighted by Crippen LogP contribution is -2.25. The van der Waals surface area contributed by atoms with Gasteiger partial charge in [0.1, 0.15) is 12.7 Å².